The molecule has 1 atom stereocenters. The number of fused-ring (bicyclic) bond motifs is 1. The molecular formula is C28H33ClF2N4O3. The fourth-order valence-electron chi connectivity index (χ4n) is 3.56. The van der Waals surface area contributed by atoms with Crippen molar-refractivity contribution in [2.45, 2.75) is 67.0 Å². The summed E-state index contributed by atoms with van der Waals surface area (Å²) in [5.41, 5.74) is 2.34. The van der Waals surface area contributed by atoms with Gasteiger partial charge in [0.2, 0.25) is 0 Å². The Kier molecular flexibility index (Phi) is 11.6. The molecule has 0 fully saturated rings. The molecular weight excluding hydrogens is 514 g/mol. The third-order valence-electron chi connectivity index (χ3n) is 5.36. The summed E-state index contributed by atoms with van der Waals surface area (Å²) in [6.45, 7) is 8.85. The molecule has 0 aliphatic rings. The van der Waals surface area contributed by atoms with Crippen LogP contribution in [0.1, 0.15) is 70.6 Å². The van der Waals surface area contributed by atoms with Crippen LogP contribution in [-0.2, 0) is 0 Å². The molecule has 3 aromatic rings. The van der Waals surface area contributed by atoms with E-state index in [1.54, 1.807) is 12.3 Å². The molecule has 0 saturated carbocycles. The number of carboxylic acid groups (broad SMARTS) is 1. The Morgan fingerprint density at radius 3 is 2.53 bits per heavy atom. The molecule has 0 saturated heterocycles. The number of allylic oxidation sites excluding steroid dienone is 3. The van der Waals surface area contributed by atoms with Gasteiger partial charge in [-0.2, -0.15) is 13.9 Å². The highest BCUT2D eigenvalue weighted by Gasteiger charge is 2.22. The molecule has 0 radical (unpaired) electrons. The average Bonchev–Trinajstić information content (AvgIpc) is 3.27. The number of halogens is 3. The number of nitrogens with zero attached hydrogens (tertiary/aromatic N) is 4. The van der Waals surface area contributed by atoms with E-state index in [9.17, 15) is 18.7 Å². The summed E-state index contributed by atoms with van der Waals surface area (Å²) in [4.78, 5) is 21.1. The van der Waals surface area contributed by atoms with E-state index in [1.807, 2.05) is 40.7 Å². The molecule has 2 heterocycles. The van der Waals surface area contributed by atoms with Crippen LogP contribution in [0.2, 0.25) is 5.02 Å². The van der Waals surface area contributed by atoms with E-state index in [1.165, 1.54) is 29.1 Å². The van der Waals surface area contributed by atoms with Crippen molar-refractivity contribution in [1.29, 1.82) is 0 Å². The van der Waals surface area contributed by atoms with E-state index < -0.39 is 12.6 Å². The maximum Gasteiger partial charge on any atom is 0.387 e. The zero-order valence-corrected chi connectivity index (χ0v) is 23.1. The van der Waals surface area contributed by atoms with Gasteiger partial charge < -0.3 is 9.84 Å². The molecule has 0 aliphatic carbocycles. The van der Waals surface area contributed by atoms with E-state index in [-0.39, 0.29) is 33.6 Å². The smallest absolute Gasteiger partial charge is 0.387 e. The fourth-order valence-corrected chi connectivity index (χ4v) is 3.72. The first-order valence-electron chi connectivity index (χ1n) is 12.4. The molecule has 3 rings (SSSR count). The molecule has 10 heteroatoms. The molecule has 38 heavy (non-hydrogen) atoms. The molecule has 2 aromatic heterocycles. The predicted molar refractivity (Wildman–Crippen MR) is 149 cm³/mol. The summed E-state index contributed by atoms with van der Waals surface area (Å²) in [5.74, 6) is -1.49. The van der Waals surface area contributed by atoms with Crippen LogP contribution < -0.4 is 4.74 Å². The van der Waals surface area contributed by atoms with Crippen molar-refractivity contribution < 1.29 is 23.4 Å². The topological polar surface area (TPSA) is 89.6 Å². The van der Waals surface area contributed by atoms with Crippen LogP contribution in [0.5, 0.6) is 5.75 Å². The minimum Gasteiger partial charge on any atom is -0.476 e. The van der Waals surface area contributed by atoms with Gasteiger partial charge in [-0.1, -0.05) is 57.0 Å². The van der Waals surface area contributed by atoms with Crippen molar-refractivity contribution in [3.63, 3.8) is 0 Å². The van der Waals surface area contributed by atoms with Crippen LogP contribution in [0.25, 0.3) is 22.2 Å². The number of alkyl halides is 2. The minimum absolute atomic E-state index is 0.00712. The molecule has 0 spiro atoms. The van der Waals surface area contributed by atoms with Crippen molar-refractivity contribution >= 4 is 40.3 Å². The van der Waals surface area contributed by atoms with Gasteiger partial charge in [-0.3, -0.25) is 9.98 Å². The zero-order chi connectivity index (χ0) is 28.4. The summed E-state index contributed by atoms with van der Waals surface area (Å²) >= 11 is 6.12. The van der Waals surface area contributed by atoms with Crippen molar-refractivity contribution in [3.05, 3.63) is 64.6 Å². The highest BCUT2D eigenvalue weighted by atomic mass is 35.5. The summed E-state index contributed by atoms with van der Waals surface area (Å²) in [7, 11) is 0. The fraction of sp³-hybridized carbons (Fsp3) is 0.357. The SMILES string of the molecule is CC.CC/C=C\C(CC)N=CC(=C(C)C)c1cc2c(cn1)c(C(=O)O)nn2-c1cc(Cl)ccc1OC(F)F. The number of benzene rings is 1. The van der Waals surface area contributed by atoms with Crippen molar-refractivity contribution in [1.82, 2.24) is 14.8 Å². The molecule has 1 N–H and O–H groups in total. The quantitative estimate of drug-likeness (QED) is 0.205. The second-order valence-corrected chi connectivity index (χ2v) is 8.58. The molecule has 0 bridgehead atoms. The standard InChI is InChI=1S/C26H27ClF2N4O3.C2H6/c1-5-7-8-17(6-2)30-13-18(15(3)4)20-12-21-19(14-31-20)24(25(34)35)32-33(21)22-11-16(27)9-10-23(22)36-26(28)29;1-2/h7-14,17,26H,5-6H2,1-4H3,(H,34,35);1-2H3/b8-7-,30-13?;. The van der Waals surface area contributed by atoms with Crippen molar-refractivity contribution in [2.75, 3.05) is 0 Å². The first kappa shape index (κ1) is 30.6. The van der Waals surface area contributed by atoms with E-state index in [2.05, 4.69) is 32.8 Å². The minimum atomic E-state index is -3.09. The first-order chi connectivity index (χ1) is 18.2. The second kappa shape index (κ2) is 14.4. The van der Waals surface area contributed by atoms with Crippen LogP contribution in [0, 0.1) is 0 Å². The normalized spacial score (nSPS) is 12.2. The van der Waals surface area contributed by atoms with Gasteiger partial charge in [-0.25, -0.2) is 9.48 Å². The zero-order valence-electron chi connectivity index (χ0n) is 22.4. The van der Waals surface area contributed by atoms with E-state index in [4.69, 9.17) is 11.6 Å². The monoisotopic (exact) mass is 546 g/mol. The number of hydrogen-bond donors (Lipinski definition) is 1. The maximum absolute atomic E-state index is 13.1. The Bertz CT molecular complexity index is 1350. The molecule has 7 nitrogen and oxygen atoms in total. The number of rotatable bonds is 10. The Morgan fingerprint density at radius 2 is 1.95 bits per heavy atom. The lowest BCUT2D eigenvalue weighted by atomic mass is 10.1. The number of carboxylic acids is 1. The van der Waals surface area contributed by atoms with E-state index in [0.29, 0.717) is 11.2 Å². The molecule has 0 amide bonds. The van der Waals surface area contributed by atoms with Gasteiger partial charge in [0.05, 0.1) is 22.6 Å². The first-order valence-corrected chi connectivity index (χ1v) is 12.8. The number of aromatic nitrogens is 3. The molecule has 0 aliphatic heterocycles. The Hall–Kier alpha value is -3.59. The molecule has 204 valence electrons. The lowest BCUT2D eigenvalue weighted by Crippen LogP contribution is -2.08. The van der Waals surface area contributed by atoms with Crippen LogP contribution >= 0.6 is 11.6 Å². The highest BCUT2D eigenvalue weighted by Crippen LogP contribution is 2.32. The Labute approximate surface area is 226 Å². The van der Waals surface area contributed by atoms with Gasteiger partial charge in [0.15, 0.2) is 11.4 Å². The summed E-state index contributed by atoms with van der Waals surface area (Å²) in [5, 5.41) is 14.3. The van der Waals surface area contributed by atoms with E-state index >= 15 is 0 Å². The van der Waals surface area contributed by atoms with Crippen LogP contribution in [-0.4, -0.2) is 44.7 Å². The number of ether oxygens (including phenoxy) is 1. The van der Waals surface area contributed by atoms with Gasteiger partial charge in [0, 0.05) is 23.0 Å². The second-order valence-electron chi connectivity index (χ2n) is 8.15. The van der Waals surface area contributed by atoms with Gasteiger partial charge in [0.25, 0.3) is 0 Å². The third kappa shape index (κ3) is 7.47. The number of aliphatic imine (C=N–C) groups is 1. The number of pyridine rings is 1. The lowest BCUT2D eigenvalue weighted by molar-refractivity contribution is -0.0498. The summed E-state index contributed by atoms with van der Waals surface area (Å²) in [6, 6.07) is 5.72. The average molecular weight is 547 g/mol. The lowest BCUT2D eigenvalue weighted by Gasteiger charge is -2.12. The number of carbonyl (C=O) groups is 1. The summed E-state index contributed by atoms with van der Waals surface area (Å²) < 4.78 is 32.0. The molecule has 1 unspecified atom stereocenters. The van der Waals surface area contributed by atoms with Gasteiger partial charge in [-0.05, 0) is 51.0 Å². The van der Waals surface area contributed by atoms with Gasteiger partial charge in [-0.15, -0.1) is 0 Å². The highest BCUT2D eigenvalue weighted by molar-refractivity contribution is 6.30. The van der Waals surface area contributed by atoms with Crippen LogP contribution in [0.4, 0.5) is 8.78 Å². The van der Waals surface area contributed by atoms with Crippen LogP contribution in [0.3, 0.4) is 0 Å². The largest absolute Gasteiger partial charge is 0.476 e. The predicted octanol–water partition coefficient (Wildman–Crippen LogP) is 8.01. The van der Waals surface area contributed by atoms with Crippen molar-refractivity contribution in [3.8, 4) is 11.4 Å². The van der Waals surface area contributed by atoms with Crippen LogP contribution in [0.15, 0.2) is 53.2 Å². The number of hydrogen-bond acceptors (Lipinski definition) is 5. The van der Waals surface area contributed by atoms with Gasteiger partial charge in [0.1, 0.15) is 5.69 Å². The third-order valence-corrected chi connectivity index (χ3v) is 5.59. The summed E-state index contributed by atoms with van der Waals surface area (Å²) in [6.07, 6.45) is 9.01. The maximum atomic E-state index is 13.1. The molecule has 1 aromatic carbocycles. The van der Waals surface area contributed by atoms with E-state index in [0.717, 1.165) is 24.0 Å². The Balaban J connectivity index is 0.00000247. The van der Waals surface area contributed by atoms with Crippen molar-refractivity contribution in [2.24, 2.45) is 4.99 Å². The van der Waals surface area contributed by atoms with Gasteiger partial charge >= 0.3 is 12.6 Å². The number of aromatic carboxylic acids is 1. The Morgan fingerprint density at radius 1 is 1.24 bits per heavy atom.